The van der Waals surface area contributed by atoms with Gasteiger partial charge in [0.05, 0.1) is 12.2 Å². The molecule has 0 atom stereocenters. The van der Waals surface area contributed by atoms with E-state index in [2.05, 4.69) is 15.3 Å². The summed E-state index contributed by atoms with van der Waals surface area (Å²) in [5.74, 6) is 1.72. The third-order valence-corrected chi connectivity index (χ3v) is 5.37. The van der Waals surface area contributed by atoms with Crippen LogP contribution in [0, 0.1) is 6.92 Å². The van der Waals surface area contributed by atoms with E-state index < -0.39 is 5.54 Å². The van der Waals surface area contributed by atoms with Crippen LogP contribution >= 0.6 is 0 Å². The van der Waals surface area contributed by atoms with E-state index in [4.69, 9.17) is 9.15 Å². The quantitative estimate of drug-likeness (QED) is 0.635. The van der Waals surface area contributed by atoms with Crippen molar-refractivity contribution >= 4 is 34.5 Å². The second-order valence-electron chi connectivity index (χ2n) is 8.18. The number of fused-ring (bicyclic) bond motifs is 2. The summed E-state index contributed by atoms with van der Waals surface area (Å²) in [6.07, 6.45) is 4.95. The first kappa shape index (κ1) is 20.7. The zero-order chi connectivity index (χ0) is 22.2. The smallest absolute Gasteiger partial charge is 0.246 e. The molecule has 1 aliphatic rings. The lowest BCUT2D eigenvalue weighted by Crippen LogP contribution is -2.46. The van der Waals surface area contributed by atoms with E-state index in [1.165, 1.54) is 6.08 Å². The molecule has 3 heterocycles. The molecule has 1 aromatic carbocycles. The number of carbonyl (C=O) groups excluding carboxylic acids is 1. The highest BCUT2D eigenvalue weighted by atomic mass is 16.5. The number of aromatic nitrogens is 1. The molecule has 0 saturated carbocycles. The largest absolute Gasteiger partial charge is 0.459 e. The van der Waals surface area contributed by atoms with Crippen LogP contribution in [0.5, 0.6) is 5.88 Å². The Kier molecular flexibility index (Phi) is 5.27. The number of rotatable bonds is 4. The number of para-hydroxylation sites is 1. The molecular formula is C24H26N4O3. The van der Waals surface area contributed by atoms with E-state index >= 15 is 0 Å². The number of pyridine rings is 1. The van der Waals surface area contributed by atoms with Gasteiger partial charge < -0.3 is 19.4 Å². The summed E-state index contributed by atoms with van der Waals surface area (Å²) >= 11 is 0. The Bertz CT molecular complexity index is 1210. The molecule has 1 N–H and O–H groups in total. The van der Waals surface area contributed by atoms with Crippen molar-refractivity contribution in [1.29, 1.82) is 0 Å². The molecular weight excluding hydrogens is 392 g/mol. The van der Waals surface area contributed by atoms with Crippen LogP contribution < -0.4 is 10.1 Å². The number of aryl methyl sites for hydroxylation is 1. The van der Waals surface area contributed by atoms with Crippen LogP contribution in [-0.4, -0.2) is 41.3 Å². The van der Waals surface area contributed by atoms with Crippen LogP contribution in [0.15, 0.2) is 52.0 Å². The summed E-state index contributed by atoms with van der Waals surface area (Å²) in [5, 5.41) is 4.45. The van der Waals surface area contributed by atoms with Gasteiger partial charge in [0.1, 0.15) is 16.9 Å². The average Bonchev–Trinajstić information content (AvgIpc) is 3.06. The molecule has 0 spiro atoms. The highest BCUT2D eigenvalue weighted by molar-refractivity contribution is 5.94. The first-order valence-electron chi connectivity index (χ1n) is 10.1. The van der Waals surface area contributed by atoms with Crippen molar-refractivity contribution in [1.82, 2.24) is 9.88 Å². The number of furan rings is 1. The number of hydrogen-bond acceptors (Lipinski definition) is 6. The highest BCUT2D eigenvalue weighted by Crippen LogP contribution is 2.32. The van der Waals surface area contributed by atoms with Crippen LogP contribution in [0.2, 0.25) is 0 Å². The first-order valence-corrected chi connectivity index (χ1v) is 10.1. The topological polar surface area (TPSA) is 80.0 Å². The molecule has 2 aromatic heterocycles. The third kappa shape index (κ3) is 4.03. The number of likely N-dealkylation sites (N-methyl/N-ethyl adjacent to an activating group) is 1. The van der Waals surface area contributed by atoms with Crippen LogP contribution in [0.3, 0.4) is 0 Å². The fourth-order valence-electron chi connectivity index (χ4n) is 3.63. The number of aliphatic imine (C=N–C) groups is 1. The van der Waals surface area contributed by atoms with Crippen molar-refractivity contribution in [3.63, 3.8) is 0 Å². The summed E-state index contributed by atoms with van der Waals surface area (Å²) in [5.41, 5.74) is 3.01. The van der Waals surface area contributed by atoms with Crippen molar-refractivity contribution < 1.29 is 13.9 Å². The van der Waals surface area contributed by atoms with Gasteiger partial charge in [0, 0.05) is 37.3 Å². The number of ether oxygens (including phenoxy) is 1. The lowest BCUT2D eigenvalue weighted by molar-refractivity contribution is -0.125. The van der Waals surface area contributed by atoms with Crippen molar-refractivity contribution in [3.8, 4) is 5.88 Å². The third-order valence-electron chi connectivity index (χ3n) is 5.37. The molecule has 0 radical (unpaired) electrons. The SMILES string of the molecule is CN=C1Oc2ncc(/C=C/C(=O)N(C)Cc3oc4ccccc4c3C)cc2NC1(C)C. The Hall–Kier alpha value is -3.61. The molecule has 0 aliphatic carbocycles. The second-order valence-corrected chi connectivity index (χ2v) is 8.18. The Balaban J connectivity index is 1.47. The molecule has 31 heavy (non-hydrogen) atoms. The first-order chi connectivity index (χ1) is 14.8. The molecule has 0 unspecified atom stereocenters. The number of nitrogens with zero attached hydrogens (tertiary/aromatic N) is 3. The zero-order valence-electron chi connectivity index (χ0n) is 18.4. The number of amides is 1. The van der Waals surface area contributed by atoms with Gasteiger partial charge >= 0.3 is 0 Å². The van der Waals surface area contributed by atoms with E-state index in [9.17, 15) is 4.79 Å². The number of anilines is 1. The van der Waals surface area contributed by atoms with Gasteiger partial charge in [-0.05, 0) is 44.5 Å². The molecule has 0 saturated heterocycles. The van der Waals surface area contributed by atoms with Crippen LogP contribution in [0.4, 0.5) is 5.69 Å². The van der Waals surface area contributed by atoms with E-state index in [0.717, 1.165) is 33.5 Å². The molecule has 7 heteroatoms. The minimum atomic E-state index is -0.438. The number of carbonyl (C=O) groups is 1. The molecule has 160 valence electrons. The van der Waals surface area contributed by atoms with Crippen LogP contribution in [-0.2, 0) is 11.3 Å². The van der Waals surface area contributed by atoms with Gasteiger partial charge in [-0.1, -0.05) is 18.2 Å². The van der Waals surface area contributed by atoms with Gasteiger partial charge in [-0.3, -0.25) is 9.79 Å². The van der Waals surface area contributed by atoms with Gasteiger partial charge in [0.25, 0.3) is 0 Å². The molecule has 0 bridgehead atoms. The van der Waals surface area contributed by atoms with Crippen molar-refractivity contribution in [2.75, 3.05) is 19.4 Å². The molecule has 3 aromatic rings. The monoisotopic (exact) mass is 418 g/mol. The van der Waals surface area contributed by atoms with Gasteiger partial charge in [-0.2, -0.15) is 0 Å². The lowest BCUT2D eigenvalue weighted by Gasteiger charge is -2.33. The van der Waals surface area contributed by atoms with Gasteiger partial charge in [-0.15, -0.1) is 0 Å². The zero-order valence-corrected chi connectivity index (χ0v) is 18.4. The predicted molar refractivity (Wildman–Crippen MR) is 122 cm³/mol. The molecule has 1 amide bonds. The number of nitrogens with one attached hydrogen (secondary N) is 1. The van der Waals surface area contributed by atoms with Crippen molar-refractivity contribution in [2.45, 2.75) is 32.9 Å². The number of hydrogen-bond donors (Lipinski definition) is 1. The fraction of sp³-hybridized carbons (Fsp3) is 0.292. The molecule has 1 aliphatic heterocycles. The average molecular weight is 418 g/mol. The van der Waals surface area contributed by atoms with Crippen LogP contribution in [0.25, 0.3) is 17.0 Å². The summed E-state index contributed by atoms with van der Waals surface area (Å²) < 4.78 is 11.7. The van der Waals surface area contributed by atoms with E-state index in [1.54, 1.807) is 31.3 Å². The summed E-state index contributed by atoms with van der Waals surface area (Å²) in [4.78, 5) is 22.8. The maximum absolute atomic E-state index is 12.6. The van der Waals surface area contributed by atoms with E-state index in [1.807, 2.05) is 51.1 Å². The van der Waals surface area contributed by atoms with Gasteiger partial charge in [0.2, 0.25) is 17.7 Å². The summed E-state index contributed by atoms with van der Waals surface area (Å²) in [6, 6.07) is 9.79. The Morgan fingerprint density at radius 2 is 2.10 bits per heavy atom. The molecule has 7 nitrogen and oxygen atoms in total. The lowest BCUT2D eigenvalue weighted by atomic mass is 10.0. The Morgan fingerprint density at radius 3 is 2.84 bits per heavy atom. The van der Waals surface area contributed by atoms with Crippen LogP contribution in [0.1, 0.15) is 30.7 Å². The minimum absolute atomic E-state index is 0.123. The normalized spacial score (nSPS) is 16.2. The maximum atomic E-state index is 12.6. The second kappa shape index (κ2) is 7.91. The minimum Gasteiger partial charge on any atom is -0.459 e. The molecule has 4 rings (SSSR count). The van der Waals surface area contributed by atoms with Gasteiger partial charge in [-0.25, -0.2) is 4.98 Å². The molecule has 0 fully saturated rings. The maximum Gasteiger partial charge on any atom is 0.246 e. The summed E-state index contributed by atoms with van der Waals surface area (Å²) in [7, 11) is 3.45. The Morgan fingerprint density at radius 1 is 1.32 bits per heavy atom. The van der Waals surface area contributed by atoms with E-state index in [-0.39, 0.29) is 5.91 Å². The van der Waals surface area contributed by atoms with Crippen molar-refractivity contribution in [2.24, 2.45) is 4.99 Å². The fourth-order valence-corrected chi connectivity index (χ4v) is 3.63. The highest BCUT2D eigenvalue weighted by Gasteiger charge is 2.33. The van der Waals surface area contributed by atoms with Gasteiger partial charge in [0.15, 0.2) is 0 Å². The van der Waals surface area contributed by atoms with Crippen molar-refractivity contribution in [3.05, 3.63) is 59.5 Å². The number of benzene rings is 1. The Labute approximate surface area is 181 Å². The predicted octanol–water partition coefficient (Wildman–Crippen LogP) is 4.42. The standard InChI is InChI=1S/C24H26N4O3/c1-15-17-8-6-7-9-19(17)30-20(15)14-28(5)21(29)11-10-16-12-18-22(26-13-16)31-23(25-4)24(2,3)27-18/h6-13,27H,14H2,1-5H3/b11-10+,25-23?. The summed E-state index contributed by atoms with van der Waals surface area (Å²) in [6.45, 7) is 6.38. The van der Waals surface area contributed by atoms with E-state index in [0.29, 0.717) is 18.3 Å².